The van der Waals surface area contributed by atoms with Crippen LogP contribution in [0.15, 0.2) is 42.5 Å². The molecule has 10 N–H and O–H groups in total. The number of alkyl halides is 1. The van der Waals surface area contributed by atoms with Gasteiger partial charge in [0.05, 0.1) is 0 Å². The molecule has 0 radical (unpaired) electrons. The Bertz CT molecular complexity index is 1550. The third kappa shape index (κ3) is 14.1. The van der Waals surface area contributed by atoms with Gasteiger partial charge in [-0.2, -0.15) is 0 Å². The first-order valence-corrected chi connectivity index (χ1v) is 17.7. The van der Waals surface area contributed by atoms with Crippen LogP contribution in [-0.2, 0) is 35.2 Å². The van der Waals surface area contributed by atoms with E-state index in [1.165, 1.54) is 0 Å². The Hall–Kier alpha value is -4.92. The summed E-state index contributed by atoms with van der Waals surface area (Å²) in [5.74, 6) is -5.17. The van der Waals surface area contributed by atoms with Gasteiger partial charge in [-0.1, -0.05) is 74.6 Å². The lowest BCUT2D eigenvalue weighted by molar-refractivity contribution is -0.138. The Balaban J connectivity index is 1.89. The van der Waals surface area contributed by atoms with Gasteiger partial charge in [-0.3, -0.25) is 28.8 Å². The van der Waals surface area contributed by atoms with Gasteiger partial charge < -0.3 is 43.2 Å². The molecule has 278 valence electrons. The Morgan fingerprint density at radius 3 is 2.04 bits per heavy atom. The SMILES string of the molecule is NC(=O)NCCC[C@H](NC(=O)[C@H](Cc1ccc2ccccc2c1)NC(=O)[C@H](CC1CCCCC1)NC(=O)[C@H](CCC(=O)O)NC(=O)CCl)C(N)=O. The second-order valence-electron chi connectivity index (χ2n) is 12.8. The average Bonchev–Trinajstić information content (AvgIpc) is 3.10. The van der Waals surface area contributed by atoms with E-state index in [4.69, 9.17) is 23.1 Å². The number of hydrogen-bond acceptors (Lipinski definition) is 7. The minimum atomic E-state index is -1.27. The first-order chi connectivity index (χ1) is 24.4. The number of fused-ring (bicyclic) bond motifs is 1. The van der Waals surface area contributed by atoms with Gasteiger partial charge in [0.1, 0.15) is 30.0 Å². The molecule has 3 rings (SSSR count). The second kappa shape index (κ2) is 20.7. The molecule has 1 aliphatic carbocycles. The van der Waals surface area contributed by atoms with E-state index in [1.54, 1.807) is 0 Å². The lowest BCUT2D eigenvalue weighted by atomic mass is 9.84. The highest BCUT2D eigenvalue weighted by molar-refractivity contribution is 6.27. The summed E-state index contributed by atoms with van der Waals surface area (Å²) in [6, 6.07) is 7.73. The quantitative estimate of drug-likeness (QED) is 0.0727. The summed E-state index contributed by atoms with van der Waals surface area (Å²) < 4.78 is 0. The molecule has 4 atom stereocenters. The Labute approximate surface area is 301 Å². The molecule has 0 aromatic heterocycles. The van der Waals surface area contributed by atoms with Gasteiger partial charge in [0.15, 0.2) is 0 Å². The van der Waals surface area contributed by atoms with Crippen LogP contribution in [0.3, 0.4) is 0 Å². The molecular weight excluding hydrogens is 682 g/mol. The van der Waals surface area contributed by atoms with Gasteiger partial charge in [0.25, 0.3) is 0 Å². The molecular formula is C35H48ClN7O8. The lowest BCUT2D eigenvalue weighted by Gasteiger charge is -2.29. The highest BCUT2D eigenvalue weighted by Crippen LogP contribution is 2.27. The summed E-state index contributed by atoms with van der Waals surface area (Å²) in [6.45, 7) is 0.146. The van der Waals surface area contributed by atoms with Crippen LogP contribution in [0.4, 0.5) is 4.79 Å². The van der Waals surface area contributed by atoms with Crippen molar-refractivity contribution in [3.63, 3.8) is 0 Å². The molecule has 2 aromatic carbocycles. The number of nitrogens with one attached hydrogen (secondary N) is 5. The topological polar surface area (TPSA) is 252 Å². The number of carboxylic acids is 1. The molecule has 51 heavy (non-hydrogen) atoms. The minimum Gasteiger partial charge on any atom is -0.481 e. The lowest BCUT2D eigenvalue weighted by Crippen LogP contribution is -2.59. The van der Waals surface area contributed by atoms with Crippen LogP contribution in [0.25, 0.3) is 10.8 Å². The van der Waals surface area contributed by atoms with Crippen molar-refractivity contribution >= 4 is 63.9 Å². The van der Waals surface area contributed by atoms with Gasteiger partial charge in [-0.05, 0) is 47.9 Å². The molecule has 0 saturated heterocycles. The van der Waals surface area contributed by atoms with Crippen molar-refractivity contribution in [2.24, 2.45) is 17.4 Å². The van der Waals surface area contributed by atoms with E-state index in [2.05, 4.69) is 26.6 Å². The number of amides is 7. The standard InChI is InChI=1S/C35H48ClN7O8/c36-20-29(44)40-26(14-15-30(45)46)32(48)42-27(18-21-7-2-1-3-8-21)34(50)43-28(19-22-12-13-23-9-4-5-10-24(23)17-22)33(49)41-25(31(37)47)11-6-16-39-35(38)51/h4-5,9-10,12-13,17,21,25-28H,1-3,6-8,11,14-16,18-20H2,(H2,37,47)(H,40,44)(H,41,49)(H,42,48)(H,43,50)(H,45,46)(H3,38,39,51)/t25-,26-,27-,28-/m0/s1. The number of rotatable bonds is 20. The summed E-state index contributed by atoms with van der Waals surface area (Å²) in [6.07, 6.45) is 4.59. The Morgan fingerprint density at radius 2 is 1.39 bits per heavy atom. The maximum atomic E-state index is 14.1. The van der Waals surface area contributed by atoms with Crippen LogP contribution in [-0.4, -0.2) is 83.2 Å². The van der Waals surface area contributed by atoms with E-state index in [0.29, 0.717) is 5.56 Å². The first kappa shape index (κ1) is 40.5. The Morgan fingerprint density at radius 1 is 0.765 bits per heavy atom. The van der Waals surface area contributed by atoms with Crippen molar-refractivity contribution in [1.29, 1.82) is 0 Å². The highest BCUT2D eigenvalue weighted by atomic mass is 35.5. The number of benzene rings is 2. The van der Waals surface area contributed by atoms with Crippen molar-refractivity contribution in [1.82, 2.24) is 26.6 Å². The van der Waals surface area contributed by atoms with Crippen molar-refractivity contribution in [3.8, 4) is 0 Å². The maximum absolute atomic E-state index is 14.1. The molecule has 15 nitrogen and oxygen atoms in total. The number of carboxylic acid groups (broad SMARTS) is 1. The Kier molecular flexibility index (Phi) is 16.4. The molecule has 0 spiro atoms. The van der Waals surface area contributed by atoms with Gasteiger partial charge in [-0.25, -0.2) is 4.79 Å². The van der Waals surface area contributed by atoms with Crippen molar-refractivity contribution < 1.29 is 38.7 Å². The molecule has 0 unspecified atom stereocenters. The van der Waals surface area contributed by atoms with Crippen molar-refractivity contribution in [3.05, 3.63) is 48.0 Å². The van der Waals surface area contributed by atoms with Crippen LogP contribution < -0.4 is 38.1 Å². The minimum absolute atomic E-state index is 0.0221. The molecule has 0 bridgehead atoms. The third-order valence-corrected chi connectivity index (χ3v) is 9.10. The normalized spacial score (nSPS) is 15.4. The number of carbonyl (C=O) groups excluding carboxylic acids is 6. The zero-order valence-electron chi connectivity index (χ0n) is 28.5. The van der Waals surface area contributed by atoms with Crippen molar-refractivity contribution in [2.75, 3.05) is 12.4 Å². The van der Waals surface area contributed by atoms with Gasteiger partial charge in [-0.15, -0.1) is 11.6 Å². The van der Waals surface area contributed by atoms with E-state index >= 15 is 0 Å². The van der Waals surface area contributed by atoms with Gasteiger partial charge in [0, 0.05) is 19.4 Å². The molecule has 1 saturated carbocycles. The molecule has 7 amide bonds. The highest BCUT2D eigenvalue weighted by Gasteiger charge is 2.33. The van der Waals surface area contributed by atoms with Crippen LogP contribution in [0, 0.1) is 5.92 Å². The summed E-state index contributed by atoms with van der Waals surface area (Å²) in [7, 11) is 0. The fourth-order valence-corrected chi connectivity index (χ4v) is 6.27. The van der Waals surface area contributed by atoms with E-state index < -0.39 is 78.0 Å². The molecule has 1 fully saturated rings. The summed E-state index contributed by atoms with van der Waals surface area (Å²) in [5, 5.41) is 24.0. The van der Waals surface area contributed by atoms with Crippen molar-refractivity contribution in [2.45, 2.75) is 94.8 Å². The van der Waals surface area contributed by atoms with E-state index in [-0.39, 0.29) is 44.6 Å². The third-order valence-electron chi connectivity index (χ3n) is 8.86. The fraction of sp³-hybridized carbons (Fsp3) is 0.514. The molecule has 2 aromatic rings. The predicted molar refractivity (Wildman–Crippen MR) is 190 cm³/mol. The number of halogens is 1. The number of carbonyl (C=O) groups is 7. The van der Waals surface area contributed by atoms with E-state index in [9.17, 15) is 38.7 Å². The summed E-state index contributed by atoms with van der Waals surface area (Å²) in [5.41, 5.74) is 11.4. The predicted octanol–water partition coefficient (Wildman–Crippen LogP) is 1.33. The van der Waals surface area contributed by atoms with E-state index in [0.717, 1.165) is 42.9 Å². The fourth-order valence-electron chi connectivity index (χ4n) is 6.19. The molecule has 1 aliphatic rings. The monoisotopic (exact) mass is 729 g/mol. The van der Waals surface area contributed by atoms with Crippen LogP contribution in [0.1, 0.15) is 69.8 Å². The average molecular weight is 730 g/mol. The van der Waals surface area contributed by atoms with Gasteiger partial charge in [0.2, 0.25) is 29.5 Å². The maximum Gasteiger partial charge on any atom is 0.312 e. The van der Waals surface area contributed by atoms with Crippen LogP contribution in [0.2, 0.25) is 0 Å². The summed E-state index contributed by atoms with van der Waals surface area (Å²) in [4.78, 5) is 88.1. The largest absolute Gasteiger partial charge is 0.481 e. The van der Waals surface area contributed by atoms with Crippen LogP contribution >= 0.6 is 11.6 Å². The second-order valence-corrected chi connectivity index (χ2v) is 13.1. The van der Waals surface area contributed by atoms with Gasteiger partial charge >= 0.3 is 12.0 Å². The number of aliphatic carboxylic acids is 1. The number of hydrogen-bond donors (Lipinski definition) is 8. The number of urea groups is 1. The number of nitrogens with two attached hydrogens (primary N) is 2. The summed E-state index contributed by atoms with van der Waals surface area (Å²) >= 11 is 5.62. The molecule has 16 heteroatoms. The zero-order chi connectivity index (χ0) is 37.3. The smallest absolute Gasteiger partial charge is 0.312 e. The zero-order valence-corrected chi connectivity index (χ0v) is 29.2. The van der Waals surface area contributed by atoms with Crippen LogP contribution in [0.5, 0.6) is 0 Å². The van der Waals surface area contributed by atoms with E-state index in [1.807, 2.05) is 42.5 Å². The number of primary amides is 2. The first-order valence-electron chi connectivity index (χ1n) is 17.1. The molecule has 0 aliphatic heterocycles. The molecule has 0 heterocycles.